The molecule has 3 nitrogen and oxygen atoms in total. The van der Waals surface area contributed by atoms with Crippen molar-refractivity contribution in [3.05, 3.63) is 22.2 Å². The summed E-state index contributed by atoms with van der Waals surface area (Å²) in [5.41, 5.74) is 1.38. The Bertz CT molecular complexity index is 589. The van der Waals surface area contributed by atoms with Gasteiger partial charge in [-0.15, -0.1) is 0 Å². The van der Waals surface area contributed by atoms with Gasteiger partial charge in [-0.05, 0) is 41.9 Å². The Morgan fingerprint density at radius 1 is 1.31 bits per heavy atom. The largest absolute Gasteiger partial charge is 0.378 e. The number of hydrogen-bond acceptors (Lipinski definition) is 4. The van der Waals surface area contributed by atoms with Gasteiger partial charge < -0.3 is 5.11 Å². The molecule has 0 saturated heterocycles. The van der Waals surface area contributed by atoms with E-state index in [9.17, 15) is 5.11 Å². The summed E-state index contributed by atoms with van der Waals surface area (Å²) in [6.45, 7) is 3.30. The first-order chi connectivity index (χ1) is 7.47. The maximum absolute atomic E-state index is 9.54. The summed E-state index contributed by atoms with van der Waals surface area (Å²) in [5, 5.41) is 9.54. The fourth-order valence-electron chi connectivity index (χ4n) is 1.16. The van der Waals surface area contributed by atoms with Gasteiger partial charge in [0.25, 0.3) is 0 Å². The van der Waals surface area contributed by atoms with Crippen molar-refractivity contribution in [2.45, 2.75) is 19.4 Å². The maximum Gasteiger partial charge on any atom is 0.121 e. The number of rotatable bonds is 0. The van der Waals surface area contributed by atoms with Crippen molar-refractivity contribution in [2.75, 3.05) is 0 Å². The van der Waals surface area contributed by atoms with Crippen molar-refractivity contribution >= 4 is 38.7 Å². The minimum atomic E-state index is -0.997. The predicted octanol–water partition coefficient (Wildman–Crippen LogP) is 2.58. The second-order valence-electron chi connectivity index (χ2n) is 3.87. The van der Waals surface area contributed by atoms with E-state index in [1.54, 1.807) is 13.8 Å². The van der Waals surface area contributed by atoms with E-state index >= 15 is 0 Å². The van der Waals surface area contributed by atoms with Crippen molar-refractivity contribution in [1.82, 2.24) is 8.75 Å². The van der Waals surface area contributed by atoms with Gasteiger partial charge in [0, 0.05) is 4.47 Å². The van der Waals surface area contributed by atoms with E-state index in [0.717, 1.165) is 32.8 Å². The Labute approximate surface area is 106 Å². The molecule has 0 aliphatic rings. The molecule has 1 heterocycles. The molecule has 2 rings (SSSR count). The molecule has 2 aromatic rings. The van der Waals surface area contributed by atoms with Crippen LogP contribution in [0.3, 0.4) is 0 Å². The van der Waals surface area contributed by atoms with Gasteiger partial charge in [0.15, 0.2) is 0 Å². The summed E-state index contributed by atoms with van der Waals surface area (Å²) in [5.74, 6) is 5.69. The molecule has 5 heteroatoms. The van der Waals surface area contributed by atoms with Crippen LogP contribution in [0, 0.1) is 11.8 Å². The molecule has 0 aliphatic carbocycles. The zero-order valence-corrected chi connectivity index (χ0v) is 11.2. The first-order valence-electron chi connectivity index (χ1n) is 4.64. The van der Waals surface area contributed by atoms with Crippen LogP contribution >= 0.6 is 27.7 Å². The third-order valence-corrected chi connectivity index (χ3v) is 3.04. The Hall–Kier alpha value is -0.960. The molecule has 16 heavy (non-hydrogen) atoms. The van der Waals surface area contributed by atoms with E-state index in [-0.39, 0.29) is 0 Å². The molecular formula is C11H9BrN2OS. The number of nitrogens with zero attached hydrogens (tertiary/aromatic N) is 2. The van der Waals surface area contributed by atoms with E-state index < -0.39 is 5.60 Å². The molecule has 0 fully saturated rings. The van der Waals surface area contributed by atoms with Crippen LogP contribution in [-0.4, -0.2) is 19.5 Å². The van der Waals surface area contributed by atoms with Crippen molar-refractivity contribution in [1.29, 1.82) is 0 Å². The second-order valence-corrected chi connectivity index (χ2v) is 5.25. The number of aromatic nitrogens is 2. The highest BCUT2D eigenvalue weighted by Gasteiger charge is 2.09. The summed E-state index contributed by atoms with van der Waals surface area (Å²) >= 11 is 4.56. The highest BCUT2D eigenvalue weighted by Crippen LogP contribution is 2.24. The quantitative estimate of drug-likeness (QED) is 0.760. The molecule has 0 amide bonds. The Kier molecular flexibility index (Phi) is 2.98. The first-order valence-corrected chi connectivity index (χ1v) is 6.16. The van der Waals surface area contributed by atoms with E-state index in [2.05, 4.69) is 36.5 Å². The molecular weight excluding hydrogens is 288 g/mol. The van der Waals surface area contributed by atoms with Gasteiger partial charge in [-0.1, -0.05) is 11.8 Å². The highest BCUT2D eigenvalue weighted by molar-refractivity contribution is 9.10. The highest BCUT2D eigenvalue weighted by atomic mass is 79.9. The number of hydrogen-bond donors (Lipinski definition) is 1. The molecule has 0 aliphatic heterocycles. The van der Waals surface area contributed by atoms with Crippen LogP contribution in [0.1, 0.15) is 19.4 Å². The van der Waals surface area contributed by atoms with Gasteiger partial charge in [-0.3, -0.25) is 0 Å². The summed E-state index contributed by atoms with van der Waals surface area (Å²) in [4.78, 5) is 0. The van der Waals surface area contributed by atoms with E-state index in [1.165, 1.54) is 0 Å². The lowest BCUT2D eigenvalue weighted by Crippen LogP contribution is -2.14. The lowest BCUT2D eigenvalue weighted by molar-refractivity contribution is 0.143. The molecule has 0 spiro atoms. The molecule has 1 aromatic carbocycles. The van der Waals surface area contributed by atoms with Crippen LogP contribution < -0.4 is 0 Å². The van der Waals surface area contributed by atoms with Gasteiger partial charge in [-0.2, -0.15) is 8.75 Å². The second kappa shape index (κ2) is 4.13. The predicted molar refractivity (Wildman–Crippen MR) is 68.3 cm³/mol. The Morgan fingerprint density at radius 2 is 2.00 bits per heavy atom. The average Bonchev–Trinajstić information content (AvgIpc) is 2.65. The fourth-order valence-corrected chi connectivity index (χ4v) is 2.26. The Balaban J connectivity index is 2.57. The van der Waals surface area contributed by atoms with Gasteiger partial charge in [0.2, 0.25) is 0 Å². The molecule has 0 radical (unpaired) electrons. The van der Waals surface area contributed by atoms with Crippen LogP contribution in [0.5, 0.6) is 0 Å². The van der Waals surface area contributed by atoms with Crippen LogP contribution in [0.15, 0.2) is 16.6 Å². The van der Waals surface area contributed by atoms with E-state index in [4.69, 9.17) is 0 Å². The van der Waals surface area contributed by atoms with Gasteiger partial charge in [-0.25, -0.2) is 0 Å². The molecule has 1 aromatic heterocycles. The number of halogens is 1. The summed E-state index contributed by atoms with van der Waals surface area (Å²) < 4.78 is 9.28. The van der Waals surface area contributed by atoms with Crippen LogP contribution in [0.2, 0.25) is 0 Å². The topological polar surface area (TPSA) is 46.0 Å². The third kappa shape index (κ3) is 2.40. The minimum absolute atomic E-state index is 0.774. The molecule has 0 unspecified atom stereocenters. The zero-order chi connectivity index (χ0) is 11.8. The van der Waals surface area contributed by atoms with Crippen LogP contribution in [0.25, 0.3) is 11.0 Å². The van der Waals surface area contributed by atoms with Crippen molar-refractivity contribution in [3.8, 4) is 11.8 Å². The van der Waals surface area contributed by atoms with Crippen molar-refractivity contribution < 1.29 is 5.11 Å². The molecule has 1 N–H and O–H groups in total. The normalized spacial score (nSPS) is 11.2. The van der Waals surface area contributed by atoms with Crippen LogP contribution in [-0.2, 0) is 0 Å². The summed E-state index contributed by atoms with van der Waals surface area (Å²) in [6, 6.07) is 3.75. The standard InChI is InChI=1S/C11H9BrN2OS/c1-11(2,15)6-5-7-3-4-8(12)10-9(7)13-16-14-10/h3-4,15H,1-2H3. The summed E-state index contributed by atoms with van der Waals surface area (Å²) in [6.07, 6.45) is 0. The minimum Gasteiger partial charge on any atom is -0.378 e. The lowest BCUT2D eigenvalue weighted by Gasteiger charge is -2.05. The molecule has 0 bridgehead atoms. The van der Waals surface area contributed by atoms with E-state index in [1.807, 2.05) is 12.1 Å². The Morgan fingerprint density at radius 3 is 2.69 bits per heavy atom. The van der Waals surface area contributed by atoms with Gasteiger partial charge in [0.1, 0.15) is 16.6 Å². The molecule has 82 valence electrons. The third-order valence-electron chi connectivity index (χ3n) is 1.87. The SMILES string of the molecule is CC(C)(O)C#Cc1ccc(Br)c2nsnc12. The fraction of sp³-hybridized carbons (Fsp3) is 0.273. The molecule has 0 saturated carbocycles. The monoisotopic (exact) mass is 296 g/mol. The van der Waals surface area contributed by atoms with E-state index in [0.29, 0.717) is 0 Å². The maximum atomic E-state index is 9.54. The smallest absolute Gasteiger partial charge is 0.121 e. The number of fused-ring (bicyclic) bond motifs is 1. The lowest BCUT2D eigenvalue weighted by atomic mass is 10.1. The molecule has 0 atom stereocenters. The average molecular weight is 297 g/mol. The van der Waals surface area contributed by atoms with Crippen molar-refractivity contribution in [3.63, 3.8) is 0 Å². The van der Waals surface area contributed by atoms with Gasteiger partial charge in [0.05, 0.1) is 17.3 Å². The zero-order valence-electron chi connectivity index (χ0n) is 8.78. The first kappa shape index (κ1) is 11.5. The van der Waals surface area contributed by atoms with Gasteiger partial charge >= 0.3 is 0 Å². The van der Waals surface area contributed by atoms with Crippen molar-refractivity contribution in [2.24, 2.45) is 0 Å². The summed E-state index contributed by atoms with van der Waals surface area (Å²) in [7, 11) is 0. The number of benzene rings is 1. The number of aliphatic hydroxyl groups is 1. The van der Waals surface area contributed by atoms with Crippen LogP contribution in [0.4, 0.5) is 0 Å².